The molecular formula is C27H36Cu3N3S3. The first-order valence-electron chi connectivity index (χ1n) is 10.8. The Kier molecular flexibility index (Phi) is 25.4. The number of rotatable bonds is 6. The van der Waals surface area contributed by atoms with E-state index in [9.17, 15) is 0 Å². The van der Waals surface area contributed by atoms with Gasteiger partial charge in [0.2, 0.25) is 0 Å². The van der Waals surface area contributed by atoms with Gasteiger partial charge in [-0.2, -0.15) is 14.7 Å². The SMILES string of the molecule is CN(C)Cc1ccccc1[S-].CN(C)Cc1ccccc1[S-].CN(C)Cc1ccccc1[S-].[Cu+].[Cu+].[Cu+]. The van der Waals surface area contributed by atoms with Crippen LogP contribution in [0.4, 0.5) is 0 Å². The van der Waals surface area contributed by atoms with Crippen molar-refractivity contribution in [1.82, 2.24) is 14.7 Å². The van der Waals surface area contributed by atoms with E-state index in [1.807, 2.05) is 96.9 Å². The van der Waals surface area contributed by atoms with Crippen LogP contribution in [-0.4, -0.2) is 57.0 Å². The summed E-state index contributed by atoms with van der Waals surface area (Å²) in [5, 5.41) is 0. The molecule has 0 heterocycles. The fourth-order valence-electron chi connectivity index (χ4n) is 2.93. The third kappa shape index (κ3) is 18.1. The van der Waals surface area contributed by atoms with Crippen LogP contribution in [0.1, 0.15) is 16.7 Å². The molecule has 0 aliphatic carbocycles. The van der Waals surface area contributed by atoms with Crippen molar-refractivity contribution in [3.05, 3.63) is 89.5 Å². The van der Waals surface area contributed by atoms with Gasteiger partial charge in [-0.3, -0.25) is 0 Å². The Labute approximate surface area is 267 Å². The fraction of sp³-hybridized carbons (Fsp3) is 0.333. The molecule has 3 aromatic rings. The quantitative estimate of drug-likeness (QED) is 0.266. The molecule has 0 aliphatic heterocycles. The minimum atomic E-state index is 0. The maximum atomic E-state index is 5.14. The molecule has 0 atom stereocenters. The van der Waals surface area contributed by atoms with Gasteiger partial charge in [-0.25, -0.2) is 0 Å². The Morgan fingerprint density at radius 3 is 0.778 bits per heavy atom. The first kappa shape index (κ1) is 40.3. The van der Waals surface area contributed by atoms with Crippen LogP contribution in [0.25, 0.3) is 0 Å². The van der Waals surface area contributed by atoms with E-state index in [1.165, 1.54) is 16.7 Å². The van der Waals surface area contributed by atoms with Crippen molar-refractivity contribution in [3.8, 4) is 0 Å². The second-order valence-corrected chi connectivity index (χ2v) is 9.86. The fourth-order valence-corrected chi connectivity index (χ4v) is 3.56. The summed E-state index contributed by atoms with van der Waals surface area (Å²) < 4.78 is 0. The van der Waals surface area contributed by atoms with Crippen molar-refractivity contribution < 1.29 is 51.2 Å². The van der Waals surface area contributed by atoms with Gasteiger partial charge >= 0.3 is 51.2 Å². The van der Waals surface area contributed by atoms with Crippen molar-refractivity contribution in [2.45, 2.75) is 34.3 Å². The van der Waals surface area contributed by atoms with Crippen LogP contribution < -0.4 is 0 Å². The van der Waals surface area contributed by atoms with Gasteiger partial charge < -0.3 is 52.6 Å². The van der Waals surface area contributed by atoms with Crippen molar-refractivity contribution in [2.75, 3.05) is 42.3 Å². The summed E-state index contributed by atoms with van der Waals surface area (Å²) in [6.07, 6.45) is 0. The van der Waals surface area contributed by atoms with Crippen LogP contribution in [-0.2, 0) is 109 Å². The molecule has 0 fully saturated rings. The first-order valence-corrected chi connectivity index (χ1v) is 12.0. The topological polar surface area (TPSA) is 9.72 Å². The maximum absolute atomic E-state index is 5.14. The van der Waals surface area contributed by atoms with E-state index in [2.05, 4.69) is 32.9 Å². The average Bonchev–Trinajstić information content (AvgIpc) is 2.73. The molecule has 0 aliphatic rings. The molecule has 0 radical (unpaired) electrons. The summed E-state index contributed by atoms with van der Waals surface area (Å²) in [4.78, 5) is 9.23. The summed E-state index contributed by atoms with van der Waals surface area (Å²) in [5.74, 6) is 0. The minimum absolute atomic E-state index is 0. The maximum Gasteiger partial charge on any atom is 1.00 e. The number of hydrogen-bond acceptors (Lipinski definition) is 6. The second kappa shape index (κ2) is 22.7. The predicted octanol–water partition coefficient (Wildman–Crippen LogP) is 4.95. The summed E-state index contributed by atoms with van der Waals surface area (Å²) in [6, 6.07) is 24.1. The standard InChI is InChI=1S/3C9H13NS.3Cu/c3*1-10(2)7-8-5-3-4-6-9(8)11;;;/h3*3-6,11H,7H2,1-2H3;;;/q;;;3*+1/p-3. The molecule has 0 amide bonds. The molecule has 3 rings (SSSR count). The molecule has 0 bridgehead atoms. The van der Waals surface area contributed by atoms with Gasteiger partial charge in [0.1, 0.15) is 0 Å². The van der Waals surface area contributed by atoms with Crippen molar-refractivity contribution in [2.24, 2.45) is 0 Å². The third-order valence-electron chi connectivity index (χ3n) is 4.38. The summed E-state index contributed by atoms with van der Waals surface area (Å²) in [7, 11) is 12.3. The zero-order valence-corrected chi connectivity index (χ0v) is 26.8. The molecule has 0 aromatic heterocycles. The van der Waals surface area contributed by atoms with E-state index in [0.717, 1.165) is 34.3 Å². The first-order chi connectivity index (χ1) is 15.6. The molecule has 0 spiro atoms. The third-order valence-corrected chi connectivity index (χ3v) is 5.57. The zero-order chi connectivity index (χ0) is 24.8. The largest absolute Gasteiger partial charge is 1.00 e. The van der Waals surface area contributed by atoms with Gasteiger partial charge in [0, 0.05) is 19.6 Å². The number of hydrogen-bond donors (Lipinski definition) is 0. The monoisotopic (exact) mass is 687 g/mol. The Bertz CT molecular complexity index is 836. The summed E-state index contributed by atoms with van der Waals surface area (Å²) in [5.41, 5.74) is 3.69. The Morgan fingerprint density at radius 1 is 0.417 bits per heavy atom. The molecule has 0 saturated carbocycles. The molecule has 36 heavy (non-hydrogen) atoms. The molecule has 0 saturated heterocycles. The molecular weight excluding hydrogens is 653 g/mol. The van der Waals surface area contributed by atoms with Crippen LogP contribution in [0, 0.1) is 0 Å². The van der Waals surface area contributed by atoms with Crippen molar-refractivity contribution >= 4 is 37.9 Å². The Balaban J connectivity index is -0.000000436. The van der Waals surface area contributed by atoms with E-state index in [1.54, 1.807) is 0 Å². The molecule has 3 nitrogen and oxygen atoms in total. The predicted molar refractivity (Wildman–Crippen MR) is 148 cm³/mol. The van der Waals surface area contributed by atoms with E-state index in [0.29, 0.717) is 0 Å². The normalized spacial score (nSPS) is 9.58. The van der Waals surface area contributed by atoms with E-state index < -0.39 is 0 Å². The zero-order valence-electron chi connectivity index (χ0n) is 21.5. The molecule has 0 unspecified atom stereocenters. The second-order valence-electron chi connectivity index (χ2n) is 8.54. The van der Waals surface area contributed by atoms with Gasteiger partial charge in [-0.15, -0.1) is 0 Å². The van der Waals surface area contributed by atoms with Crippen LogP contribution in [0.3, 0.4) is 0 Å². The van der Waals surface area contributed by atoms with Gasteiger partial charge in [0.25, 0.3) is 0 Å². The van der Waals surface area contributed by atoms with Gasteiger partial charge in [-0.1, -0.05) is 89.5 Å². The van der Waals surface area contributed by atoms with Crippen LogP contribution >= 0.6 is 0 Å². The van der Waals surface area contributed by atoms with Gasteiger partial charge in [-0.05, 0) is 42.3 Å². The van der Waals surface area contributed by atoms with E-state index in [4.69, 9.17) is 37.9 Å². The van der Waals surface area contributed by atoms with Crippen LogP contribution in [0.5, 0.6) is 0 Å². The number of benzene rings is 3. The van der Waals surface area contributed by atoms with Crippen LogP contribution in [0.15, 0.2) is 87.5 Å². The summed E-state index contributed by atoms with van der Waals surface area (Å²) in [6.45, 7) is 2.79. The molecule has 210 valence electrons. The molecule has 9 heteroatoms. The smallest absolute Gasteiger partial charge is 0.779 e. The Morgan fingerprint density at radius 2 is 0.611 bits per heavy atom. The van der Waals surface area contributed by atoms with E-state index in [-0.39, 0.29) is 51.2 Å². The minimum Gasteiger partial charge on any atom is -0.779 e. The molecule has 3 aromatic carbocycles. The van der Waals surface area contributed by atoms with Crippen LogP contribution in [0.2, 0.25) is 0 Å². The average molecular weight is 689 g/mol. The van der Waals surface area contributed by atoms with Gasteiger partial charge in [0.15, 0.2) is 0 Å². The van der Waals surface area contributed by atoms with E-state index >= 15 is 0 Å². The summed E-state index contributed by atoms with van der Waals surface area (Å²) >= 11 is 15.4. The van der Waals surface area contributed by atoms with Crippen molar-refractivity contribution in [1.29, 1.82) is 0 Å². The Hall–Kier alpha value is -0.242. The molecule has 0 N–H and O–H groups in total. The number of nitrogens with zero attached hydrogens (tertiary/aromatic N) is 3. The van der Waals surface area contributed by atoms with Crippen molar-refractivity contribution in [3.63, 3.8) is 0 Å². The van der Waals surface area contributed by atoms with Gasteiger partial charge in [0.05, 0.1) is 0 Å².